The Labute approximate surface area is 132 Å². The van der Waals surface area contributed by atoms with Crippen molar-refractivity contribution in [3.63, 3.8) is 0 Å². The van der Waals surface area contributed by atoms with Crippen molar-refractivity contribution in [2.45, 2.75) is 6.92 Å². The van der Waals surface area contributed by atoms with Gasteiger partial charge in [-0.05, 0) is 43.3 Å². The van der Waals surface area contributed by atoms with Gasteiger partial charge in [-0.3, -0.25) is 9.36 Å². The minimum atomic E-state index is -0.204. The van der Waals surface area contributed by atoms with E-state index in [1.165, 1.54) is 0 Å². The lowest BCUT2D eigenvalue weighted by atomic mass is 10.2. The summed E-state index contributed by atoms with van der Waals surface area (Å²) in [5, 5.41) is 3.39. The summed E-state index contributed by atoms with van der Waals surface area (Å²) in [6.07, 6.45) is 5.17. The maximum Gasteiger partial charge on any atom is 0.255 e. The minimum absolute atomic E-state index is 0.204. The molecule has 6 heteroatoms. The third kappa shape index (κ3) is 2.99. The Kier molecular flexibility index (Phi) is 3.89. The van der Waals surface area contributed by atoms with Gasteiger partial charge >= 0.3 is 0 Å². The molecule has 0 saturated carbocycles. The lowest BCUT2D eigenvalue weighted by Crippen LogP contribution is -2.12. The van der Waals surface area contributed by atoms with Crippen LogP contribution in [0.1, 0.15) is 16.2 Å². The molecule has 0 radical (unpaired) electrons. The molecule has 0 fully saturated rings. The van der Waals surface area contributed by atoms with Crippen molar-refractivity contribution in [3.8, 4) is 5.82 Å². The number of rotatable bonds is 3. The number of nitrogens with one attached hydrogen (secondary N) is 1. The minimum Gasteiger partial charge on any atom is -0.321 e. The second kappa shape index (κ2) is 5.99. The monoisotopic (exact) mass is 312 g/mol. The SMILES string of the molecule is Cc1nccn1-c1ccc(NC(=O)c2ccc(Cl)cc2)cn1. The first kappa shape index (κ1) is 14.3. The molecule has 2 aromatic heterocycles. The van der Waals surface area contributed by atoms with Gasteiger partial charge in [0.25, 0.3) is 5.91 Å². The molecule has 3 aromatic rings. The van der Waals surface area contributed by atoms with Crippen LogP contribution in [0.25, 0.3) is 5.82 Å². The van der Waals surface area contributed by atoms with E-state index in [0.29, 0.717) is 16.3 Å². The fourth-order valence-electron chi connectivity index (χ4n) is 2.03. The summed E-state index contributed by atoms with van der Waals surface area (Å²) in [5.41, 5.74) is 1.17. The van der Waals surface area contributed by atoms with Crippen molar-refractivity contribution in [1.29, 1.82) is 0 Å². The number of amides is 1. The second-order valence-corrected chi connectivity index (χ2v) is 5.15. The number of nitrogens with zero attached hydrogens (tertiary/aromatic N) is 3. The van der Waals surface area contributed by atoms with E-state index in [2.05, 4.69) is 15.3 Å². The predicted octanol–water partition coefficient (Wildman–Crippen LogP) is 3.48. The van der Waals surface area contributed by atoms with E-state index in [4.69, 9.17) is 11.6 Å². The molecule has 0 atom stereocenters. The summed E-state index contributed by atoms with van der Waals surface area (Å²) >= 11 is 5.81. The van der Waals surface area contributed by atoms with Gasteiger partial charge in [-0.1, -0.05) is 11.6 Å². The van der Waals surface area contributed by atoms with Crippen LogP contribution < -0.4 is 5.32 Å². The summed E-state index contributed by atoms with van der Waals surface area (Å²) in [4.78, 5) is 20.6. The Morgan fingerprint density at radius 1 is 1.14 bits per heavy atom. The number of benzene rings is 1. The van der Waals surface area contributed by atoms with Crippen LogP contribution in [0.5, 0.6) is 0 Å². The fraction of sp³-hybridized carbons (Fsp3) is 0.0625. The van der Waals surface area contributed by atoms with Crippen molar-refractivity contribution < 1.29 is 4.79 Å². The average molecular weight is 313 g/mol. The Bertz CT molecular complexity index is 794. The molecule has 5 nitrogen and oxygen atoms in total. The van der Waals surface area contributed by atoms with Gasteiger partial charge in [-0.25, -0.2) is 9.97 Å². The topological polar surface area (TPSA) is 59.8 Å². The van der Waals surface area contributed by atoms with Crippen LogP contribution in [-0.4, -0.2) is 20.4 Å². The van der Waals surface area contributed by atoms with E-state index in [-0.39, 0.29) is 5.91 Å². The fourth-order valence-corrected chi connectivity index (χ4v) is 2.15. The van der Waals surface area contributed by atoms with Crippen LogP contribution in [-0.2, 0) is 0 Å². The Hall–Kier alpha value is -2.66. The molecule has 1 amide bonds. The largest absolute Gasteiger partial charge is 0.321 e. The molecule has 2 heterocycles. The number of aromatic nitrogens is 3. The second-order valence-electron chi connectivity index (χ2n) is 4.71. The number of imidazole rings is 1. The molecule has 22 heavy (non-hydrogen) atoms. The highest BCUT2D eigenvalue weighted by Crippen LogP contribution is 2.14. The lowest BCUT2D eigenvalue weighted by molar-refractivity contribution is 0.102. The van der Waals surface area contributed by atoms with E-state index in [0.717, 1.165) is 11.6 Å². The van der Waals surface area contributed by atoms with Crippen LogP contribution in [0.3, 0.4) is 0 Å². The molecule has 0 aliphatic carbocycles. The van der Waals surface area contributed by atoms with Gasteiger partial charge in [0.2, 0.25) is 0 Å². The number of anilines is 1. The quantitative estimate of drug-likeness (QED) is 0.805. The molecular formula is C16H13ClN4O. The highest BCUT2D eigenvalue weighted by atomic mass is 35.5. The summed E-state index contributed by atoms with van der Waals surface area (Å²) in [7, 11) is 0. The summed E-state index contributed by atoms with van der Waals surface area (Å²) < 4.78 is 1.87. The molecule has 110 valence electrons. The standard InChI is InChI=1S/C16H13ClN4O/c1-11-18-8-9-21(11)15-7-6-14(10-19-15)20-16(22)12-2-4-13(17)5-3-12/h2-10H,1H3,(H,20,22). The third-order valence-electron chi connectivity index (χ3n) is 3.18. The van der Waals surface area contributed by atoms with Gasteiger partial charge in [0.1, 0.15) is 11.6 Å². The summed E-state index contributed by atoms with van der Waals surface area (Å²) in [6.45, 7) is 1.90. The molecule has 0 saturated heterocycles. The van der Waals surface area contributed by atoms with Crippen molar-refractivity contribution in [3.05, 3.63) is 71.4 Å². The van der Waals surface area contributed by atoms with Gasteiger partial charge in [0.15, 0.2) is 0 Å². The van der Waals surface area contributed by atoms with Crippen molar-refractivity contribution in [2.24, 2.45) is 0 Å². The van der Waals surface area contributed by atoms with E-state index >= 15 is 0 Å². The zero-order valence-electron chi connectivity index (χ0n) is 11.8. The molecular weight excluding hydrogens is 300 g/mol. The number of hydrogen-bond acceptors (Lipinski definition) is 3. The summed E-state index contributed by atoms with van der Waals surface area (Å²) in [5.74, 6) is 1.40. The van der Waals surface area contributed by atoms with Crippen LogP contribution in [0.4, 0.5) is 5.69 Å². The van der Waals surface area contributed by atoms with Crippen LogP contribution in [0.15, 0.2) is 55.0 Å². The van der Waals surface area contributed by atoms with Crippen molar-refractivity contribution in [1.82, 2.24) is 14.5 Å². The molecule has 0 aliphatic heterocycles. The predicted molar refractivity (Wildman–Crippen MR) is 85.5 cm³/mol. The number of carbonyl (C=O) groups is 1. The highest BCUT2D eigenvalue weighted by Gasteiger charge is 2.07. The molecule has 0 bridgehead atoms. The third-order valence-corrected chi connectivity index (χ3v) is 3.44. The first-order chi connectivity index (χ1) is 10.6. The highest BCUT2D eigenvalue weighted by molar-refractivity contribution is 6.30. The smallest absolute Gasteiger partial charge is 0.255 e. The van der Waals surface area contributed by atoms with Crippen LogP contribution in [0.2, 0.25) is 5.02 Å². The normalized spacial score (nSPS) is 10.5. The zero-order chi connectivity index (χ0) is 15.5. The van der Waals surface area contributed by atoms with Gasteiger partial charge < -0.3 is 5.32 Å². The number of carbonyl (C=O) groups excluding carboxylic acids is 1. The van der Waals surface area contributed by atoms with Crippen LogP contribution in [0, 0.1) is 6.92 Å². The van der Waals surface area contributed by atoms with Gasteiger partial charge in [0.05, 0.1) is 11.9 Å². The van der Waals surface area contributed by atoms with E-state index in [1.807, 2.05) is 23.8 Å². The maximum atomic E-state index is 12.1. The molecule has 1 aromatic carbocycles. The average Bonchev–Trinajstić information content (AvgIpc) is 2.95. The van der Waals surface area contributed by atoms with Crippen LogP contribution >= 0.6 is 11.6 Å². The number of halogens is 1. The van der Waals surface area contributed by atoms with E-state index in [1.54, 1.807) is 42.7 Å². The number of hydrogen-bond donors (Lipinski definition) is 1. The van der Waals surface area contributed by atoms with E-state index < -0.39 is 0 Å². The van der Waals surface area contributed by atoms with Crippen molar-refractivity contribution >= 4 is 23.2 Å². The van der Waals surface area contributed by atoms with Gasteiger partial charge in [-0.2, -0.15) is 0 Å². The molecule has 1 N–H and O–H groups in total. The first-order valence-electron chi connectivity index (χ1n) is 6.67. The molecule has 3 rings (SSSR count). The number of pyridine rings is 1. The molecule has 0 spiro atoms. The number of aryl methyl sites for hydroxylation is 1. The first-order valence-corrected chi connectivity index (χ1v) is 7.04. The summed E-state index contributed by atoms with van der Waals surface area (Å²) in [6, 6.07) is 10.3. The Morgan fingerprint density at radius 3 is 2.50 bits per heavy atom. The lowest BCUT2D eigenvalue weighted by Gasteiger charge is -2.07. The zero-order valence-corrected chi connectivity index (χ0v) is 12.6. The Balaban J connectivity index is 1.75. The molecule has 0 unspecified atom stereocenters. The van der Waals surface area contributed by atoms with Gasteiger partial charge in [0, 0.05) is 23.0 Å². The Morgan fingerprint density at radius 2 is 1.91 bits per heavy atom. The maximum absolute atomic E-state index is 12.1. The molecule has 0 aliphatic rings. The van der Waals surface area contributed by atoms with E-state index in [9.17, 15) is 4.79 Å². The van der Waals surface area contributed by atoms with Gasteiger partial charge in [-0.15, -0.1) is 0 Å². The van der Waals surface area contributed by atoms with Crippen molar-refractivity contribution in [2.75, 3.05) is 5.32 Å².